The number of nitro benzene ring substituents is 1. The third kappa shape index (κ3) is 4.18. The van der Waals surface area contributed by atoms with Gasteiger partial charge in [-0.25, -0.2) is 4.40 Å². The molecule has 22 heavy (non-hydrogen) atoms. The van der Waals surface area contributed by atoms with Gasteiger partial charge in [0.2, 0.25) is 0 Å². The molecule has 5 heteroatoms. The van der Waals surface area contributed by atoms with Gasteiger partial charge in [-0.1, -0.05) is 51.1 Å². The fourth-order valence-corrected chi connectivity index (χ4v) is 2.78. The largest absolute Gasteiger partial charge is 0.269 e. The number of benzene rings is 2. The van der Waals surface area contributed by atoms with Crippen molar-refractivity contribution in [2.24, 2.45) is 9.81 Å². The maximum atomic E-state index is 10.7. The normalized spacial score (nSPS) is 12.2. The fraction of sp³-hybridized carbons (Fsp3) is 0.235. The quantitative estimate of drug-likeness (QED) is 0.340. The van der Waals surface area contributed by atoms with Gasteiger partial charge in [-0.15, -0.1) is 0 Å². The van der Waals surface area contributed by atoms with Gasteiger partial charge < -0.3 is 0 Å². The van der Waals surface area contributed by atoms with Crippen molar-refractivity contribution in [3.63, 3.8) is 0 Å². The van der Waals surface area contributed by atoms with Gasteiger partial charge in [0, 0.05) is 34.4 Å². The van der Waals surface area contributed by atoms with Gasteiger partial charge in [-0.2, -0.15) is 0 Å². The molecule has 2 aromatic carbocycles. The molecule has 0 heterocycles. The molecule has 2 aromatic rings. The lowest BCUT2D eigenvalue weighted by Gasteiger charge is -2.21. The van der Waals surface area contributed by atoms with E-state index in [1.165, 1.54) is 24.1 Å². The zero-order valence-corrected chi connectivity index (χ0v) is 13.6. The third-order valence-electron chi connectivity index (χ3n) is 3.05. The Hall–Kier alpha value is -2.14. The molecule has 0 atom stereocenters. The third-order valence-corrected chi connectivity index (χ3v) is 3.80. The van der Waals surface area contributed by atoms with E-state index < -0.39 is 4.92 Å². The van der Waals surface area contributed by atoms with Crippen molar-refractivity contribution < 1.29 is 4.92 Å². The molecular weight excluding hydrogens is 296 g/mol. The van der Waals surface area contributed by atoms with E-state index >= 15 is 0 Å². The molecule has 0 aliphatic rings. The highest BCUT2D eigenvalue weighted by Crippen LogP contribution is 2.28. The van der Waals surface area contributed by atoms with Crippen molar-refractivity contribution in [1.82, 2.24) is 0 Å². The van der Waals surface area contributed by atoms with Gasteiger partial charge in [0.25, 0.3) is 5.69 Å². The van der Waals surface area contributed by atoms with E-state index in [0.29, 0.717) is 0 Å². The lowest BCUT2D eigenvalue weighted by molar-refractivity contribution is -0.384. The number of hydrogen-bond donors (Lipinski definition) is 0. The lowest BCUT2D eigenvalue weighted by Crippen LogP contribution is -2.21. The zero-order valence-electron chi connectivity index (χ0n) is 12.8. The van der Waals surface area contributed by atoms with Crippen molar-refractivity contribution in [1.29, 1.82) is 0 Å². The van der Waals surface area contributed by atoms with E-state index in [1.54, 1.807) is 12.1 Å². The molecule has 0 amide bonds. The van der Waals surface area contributed by atoms with Crippen LogP contribution in [0.5, 0.6) is 0 Å². The summed E-state index contributed by atoms with van der Waals surface area (Å²) in [5.74, 6) is 0. The van der Waals surface area contributed by atoms with Gasteiger partial charge >= 0.3 is 0 Å². The van der Waals surface area contributed by atoms with Gasteiger partial charge in [0.1, 0.15) is 0 Å². The van der Waals surface area contributed by atoms with Crippen LogP contribution in [-0.2, 0) is 0 Å². The van der Waals surface area contributed by atoms with Crippen LogP contribution in [0.15, 0.2) is 63.9 Å². The highest BCUT2D eigenvalue weighted by Gasteiger charge is 2.20. The molecule has 114 valence electrons. The summed E-state index contributed by atoms with van der Waals surface area (Å²) < 4.78 is 4.67. The second-order valence-corrected chi connectivity index (χ2v) is 6.73. The summed E-state index contributed by atoms with van der Waals surface area (Å²) in [6, 6.07) is 16.5. The van der Waals surface area contributed by atoms with Crippen molar-refractivity contribution in [3.8, 4) is 0 Å². The molecule has 0 unspecified atom stereocenters. The van der Waals surface area contributed by atoms with E-state index in [-0.39, 0.29) is 11.1 Å². The topological polar surface area (TPSA) is 55.5 Å². The Morgan fingerprint density at radius 2 is 1.64 bits per heavy atom. The van der Waals surface area contributed by atoms with Crippen LogP contribution in [0.2, 0.25) is 0 Å². The molecule has 0 fully saturated rings. The first-order valence-electron chi connectivity index (χ1n) is 6.93. The standard InChI is InChI=1S/C17H18N2O2S/c1-17(2,3)16(13-7-5-4-6-8-13)18-22-15-11-9-14(10-12-15)19(20)21/h4-12H,1-3H3. The van der Waals surface area contributed by atoms with E-state index in [1.807, 2.05) is 30.3 Å². The molecule has 0 spiro atoms. The minimum Gasteiger partial charge on any atom is -0.258 e. The monoisotopic (exact) mass is 314 g/mol. The Balaban J connectivity index is 2.26. The van der Waals surface area contributed by atoms with Crippen LogP contribution in [0, 0.1) is 15.5 Å². The van der Waals surface area contributed by atoms with Crippen LogP contribution < -0.4 is 0 Å². The van der Waals surface area contributed by atoms with Crippen molar-refractivity contribution >= 4 is 23.3 Å². The Morgan fingerprint density at radius 3 is 2.14 bits per heavy atom. The summed E-state index contributed by atoms with van der Waals surface area (Å²) in [5.41, 5.74) is 2.09. The molecule has 4 nitrogen and oxygen atoms in total. The van der Waals surface area contributed by atoms with Crippen LogP contribution >= 0.6 is 11.9 Å². The van der Waals surface area contributed by atoms with Crippen LogP contribution in [-0.4, -0.2) is 10.6 Å². The van der Waals surface area contributed by atoms with Crippen LogP contribution in [0.3, 0.4) is 0 Å². The Morgan fingerprint density at radius 1 is 1.05 bits per heavy atom. The highest BCUT2D eigenvalue weighted by atomic mass is 32.2. The van der Waals surface area contributed by atoms with Crippen molar-refractivity contribution in [2.75, 3.05) is 0 Å². The molecule has 2 rings (SSSR count). The second kappa shape index (κ2) is 6.75. The lowest BCUT2D eigenvalue weighted by atomic mass is 9.86. The second-order valence-electron chi connectivity index (χ2n) is 5.90. The summed E-state index contributed by atoms with van der Waals surface area (Å²) in [4.78, 5) is 11.1. The minimum absolute atomic E-state index is 0.0882. The predicted molar refractivity (Wildman–Crippen MR) is 91.4 cm³/mol. The molecular formula is C17H18N2O2S. The molecule has 0 bridgehead atoms. The Bertz CT molecular complexity index is 674. The maximum Gasteiger partial charge on any atom is 0.269 e. The molecule has 0 aliphatic heterocycles. The van der Waals surface area contributed by atoms with Crippen molar-refractivity contribution in [2.45, 2.75) is 25.7 Å². The summed E-state index contributed by atoms with van der Waals surface area (Å²) in [6.45, 7) is 6.36. The highest BCUT2D eigenvalue weighted by molar-refractivity contribution is 7.98. The summed E-state index contributed by atoms with van der Waals surface area (Å²) in [5, 5.41) is 10.7. The molecule has 0 N–H and O–H groups in total. The summed E-state index contributed by atoms with van der Waals surface area (Å²) >= 11 is 1.34. The van der Waals surface area contributed by atoms with E-state index in [9.17, 15) is 10.1 Å². The summed E-state index contributed by atoms with van der Waals surface area (Å²) in [6.07, 6.45) is 0. The van der Waals surface area contributed by atoms with Gasteiger partial charge in [-0.3, -0.25) is 10.1 Å². The minimum atomic E-state index is -0.401. The van der Waals surface area contributed by atoms with Crippen molar-refractivity contribution in [3.05, 3.63) is 70.3 Å². The SMILES string of the molecule is CC(C)(C)C(=NSc1ccc([N+](=O)[O-])cc1)c1ccccc1. The van der Waals surface area contributed by atoms with Crippen LogP contribution in [0.4, 0.5) is 5.69 Å². The number of rotatable bonds is 4. The summed E-state index contributed by atoms with van der Waals surface area (Å²) in [7, 11) is 0. The molecule has 0 saturated carbocycles. The van der Waals surface area contributed by atoms with Gasteiger partial charge in [0.15, 0.2) is 0 Å². The Labute approximate surface area is 134 Å². The molecule has 0 radical (unpaired) electrons. The van der Waals surface area contributed by atoms with Crippen LogP contribution in [0.1, 0.15) is 26.3 Å². The smallest absolute Gasteiger partial charge is 0.258 e. The predicted octanol–water partition coefficient (Wildman–Crippen LogP) is 5.14. The molecule has 0 aliphatic carbocycles. The van der Waals surface area contributed by atoms with Gasteiger partial charge in [-0.05, 0) is 17.7 Å². The van der Waals surface area contributed by atoms with E-state index in [0.717, 1.165) is 16.2 Å². The van der Waals surface area contributed by atoms with Gasteiger partial charge in [0.05, 0.1) is 10.6 Å². The first-order valence-corrected chi connectivity index (χ1v) is 7.70. The number of nitrogens with zero attached hydrogens (tertiary/aromatic N) is 2. The maximum absolute atomic E-state index is 10.7. The van der Waals surface area contributed by atoms with Crippen LogP contribution in [0.25, 0.3) is 0 Å². The zero-order chi connectivity index (χ0) is 16.2. The fourth-order valence-electron chi connectivity index (χ4n) is 1.95. The number of nitro groups is 1. The number of hydrogen-bond acceptors (Lipinski definition) is 4. The molecule has 0 saturated heterocycles. The first-order chi connectivity index (χ1) is 10.4. The number of non-ortho nitro benzene ring substituents is 1. The average molecular weight is 314 g/mol. The van der Waals surface area contributed by atoms with E-state index in [4.69, 9.17) is 0 Å². The molecule has 0 aromatic heterocycles. The first kappa shape index (κ1) is 16.2. The average Bonchev–Trinajstić information content (AvgIpc) is 2.47. The Kier molecular flexibility index (Phi) is 4.98. The van der Waals surface area contributed by atoms with E-state index in [2.05, 4.69) is 25.2 Å².